The molecular weight excluding hydrogens is 354 g/mol. The molecule has 2 unspecified atom stereocenters. The van der Waals surface area contributed by atoms with Gasteiger partial charge in [-0.1, -0.05) is 6.92 Å². The fraction of sp³-hybridized carbons (Fsp3) is 0.762. The molecule has 2 aliphatic rings. The molecule has 1 aromatic rings. The van der Waals surface area contributed by atoms with E-state index in [4.69, 9.17) is 14.1 Å². The van der Waals surface area contributed by atoms with Crippen LogP contribution in [0.4, 0.5) is 0 Å². The average molecular weight is 392 g/mol. The highest BCUT2D eigenvalue weighted by atomic mass is 16.5. The van der Waals surface area contributed by atoms with Gasteiger partial charge in [-0.15, -0.1) is 0 Å². The summed E-state index contributed by atoms with van der Waals surface area (Å²) in [7, 11) is 0. The SMILES string of the molecule is CCNC(=NCC(C)CN1CCOCC1)NCC(c1ccco1)N1CCCC1. The maximum atomic E-state index is 5.73. The monoisotopic (exact) mass is 391 g/mol. The molecule has 0 spiro atoms. The van der Waals surface area contributed by atoms with Crippen molar-refractivity contribution >= 4 is 5.96 Å². The lowest BCUT2D eigenvalue weighted by molar-refractivity contribution is 0.0323. The maximum Gasteiger partial charge on any atom is 0.191 e. The third-order valence-corrected chi connectivity index (χ3v) is 5.49. The van der Waals surface area contributed by atoms with Crippen molar-refractivity contribution in [3.05, 3.63) is 24.2 Å². The molecule has 2 N–H and O–H groups in total. The molecule has 0 bridgehead atoms. The molecule has 3 rings (SSSR count). The molecule has 1 aromatic heterocycles. The van der Waals surface area contributed by atoms with Crippen molar-refractivity contribution in [1.82, 2.24) is 20.4 Å². The minimum Gasteiger partial charge on any atom is -0.468 e. The largest absolute Gasteiger partial charge is 0.468 e. The zero-order chi connectivity index (χ0) is 19.6. The van der Waals surface area contributed by atoms with Gasteiger partial charge in [0.2, 0.25) is 0 Å². The Labute approximate surface area is 169 Å². The average Bonchev–Trinajstić information content (AvgIpc) is 3.42. The summed E-state index contributed by atoms with van der Waals surface area (Å²) in [5.41, 5.74) is 0. The molecule has 3 heterocycles. The Morgan fingerprint density at radius 3 is 2.64 bits per heavy atom. The predicted molar refractivity (Wildman–Crippen MR) is 113 cm³/mol. The number of likely N-dealkylation sites (tertiary alicyclic amines) is 1. The van der Waals surface area contributed by atoms with Gasteiger partial charge in [-0.25, -0.2) is 0 Å². The van der Waals surface area contributed by atoms with Crippen LogP contribution in [-0.4, -0.2) is 81.3 Å². The summed E-state index contributed by atoms with van der Waals surface area (Å²) in [6.07, 6.45) is 4.31. The zero-order valence-electron chi connectivity index (χ0n) is 17.5. The van der Waals surface area contributed by atoms with Crippen LogP contribution in [0, 0.1) is 5.92 Å². The smallest absolute Gasteiger partial charge is 0.191 e. The number of hydrogen-bond donors (Lipinski definition) is 2. The number of aliphatic imine (C=N–C) groups is 1. The van der Waals surface area contributed by atoms with Gasteiger partial charge >= 0.3 is 0 Å². The van der Waals surface area contributed by atoms with E-state index in [0.29, 0.717) is 5.92 Å². The molecule has 0 saturated carbocycles. The Kier molecular flexibility index (Phi) is 8.64. The first-order chi connectivity index (χ1) is 13.8. The van der Waals surface area contributed by atoms with Crippen LogP contribution in [0.15, 0.2) is 27.8 Å². The Hall–Kier alpha value is -1.57. The van der Waals surface area contributed by atoms with Gasteiger partial charge in [0.25, 0.3) is 0 Å². The zero-order valence-corrected chi connectivity index (χ0v) is 17.5. The summed E-state index contributed by atoms with van der Waals surface area (Å²) < 4.78 is 11.2. The van der Waals surface area contributed by atoms with Crippen LogP contribution in [-0.2, 0) is 4.74 Å². The van der Waals surface area contributed by atoms with Gasteiger partial charge < -0.3 is 19.8 Å². The van der Waals surface area contributed by atoms with E-state index in [1.807, 2.05) is 6.07 Å². The van der Waals surface area contributed by atoms with E-state index < -0.39 is 0 Å². The highest BCUT2D eigenvalue weighted by molar-refractivity contribution is 5.79. The van der Waals surface area contributed by atoms with Crippen molar-refractivity contribution < 1.29 is 9.15 Å². The first-order valence-corrected chi connectivity index (χ1v) is 10.9. The Balaban J connectivity index is 1.52. The summed E-state index contributed by atoms with van der Waals surface area (Å²) in [6, 6.07) is 4.32. The van der Waals surface area contributed by atoms with Crippen molar-refractivity contribution in [3.8, 4) is 0 Å². The topological polar surface area (TPSA) is 65.3 Å². The first kappa shape index (κ1) is 21.1. The van der Waals surface area contributed by atoms with Crippen LogP contribution in [0.25, 0.3) is 0 Å². The first-order valence-electron chi connectivity index (χ1n) is 10.9. The lowest BCUT2D eigenvalue weighted by Crippen LogP contribution is -2.43. The van der Waals surface area contributed by atoms with Gasteiger partial charge in [0, 0.05) is 39.3 Å². The van der Waals surface area contributed by atoms with Gasteiger partial charge in [0.15, 0.2) is 5.96 Å². The molecule has 0 aliphatic carbocycles. The second kappa shape index (κ2) is 11.4. The fourth-order valence-corrected chi connectivity index (χ4v) is 4.01. The van der Waals surface area contributed by atoms with E-state index in [9.17, 15) is 0 Å². The van der Waals surface area contributed by atoms with Crippen LogP contribution in [0.1, 0.15) is 38.5 Å². The van der Waals surface area contributed by atoms with Gasteiger partial charge in [-0.3, -0.25) is 14.8 Å². The highest BCUT2D eigenvalue weighted by Gasteiger charge is 2.25. The maximum absolute atomic E-state index is 5.73. The van der Waals surface area contributed by atoms with Crippen molar-refractivity contribution in [2.75, 3.05) is 65.6 Å². The third kappa shape index (κ3) is 6.50. The predicted octanol–water partition coefficient (Wildman–Crippen LogP) is 1.94. The highest BCUT2D eigenvalue weighted by Crippen LogP contribution is 2.24. The number of ether oxygens (including phenoxy) is 1. The number of morpholine rings is 1. The quantitative estimate of drug-likeness (QED) is 0.495. The van der Waals surface area contributed by atoms with Crippen molar-refractivity contribution in [3.63, 3.8) is 0 Å². The Morgan fingerprint density at radius 1 is 1.18 bits per heavy atom. The second-order valence-electron chi connectivity index (χ2n) is 7.89. The van der Waals surface area contributed by atoms with Crippen LogP contribution in [0.2, 0.25) is 0 Å². The number of hydrogen-bond acceptors (Lipinski definition) is 5. The van der Waals surface area contributed by atoms with Gasteiger partial charge in [0.05, 0.1) is 25.5 Å². The summed E-state index contributed by atoms with van der Waals surface area (Å²) in [5, 5.41) is 6.94. The van der Waals surface area contributed by atoms with E-state index >= 15 is 0 Å². The molecule has 0 amide bonds. The molecule has 7 heteroatoms. The summed E-state index contributed by atoms with van der Waals surface area (Å²) in [6.45, 7) is 14.0. The van der Waals surface area contributed by atoms with Crippen LogP contribution < -0.4 is 10.6 Å². The number of rotatable bonds is 9. The Morgan fingerprint density at radius 2 is 1.96 bits per heavy atom. The lowest BCUT2D eigenvalue weighted by Gasteiger charge is -2.29. The van der Waals surface area contributed by atoms with Gasteiger partial charge in [-0.2, -0.15) is 0 Å². The number of nitrogens with zero attached hydrogens (tertiary/aromatic N) is 3. The van der Waals surface area contributed by atoms with Gasteiger partial charge in [-0.05, 0) is 50.9 Å². The van der Waals surface area contributed by atoms with Gasteiger partial charge in [0.1, 0.15) is 5.76 Å². The molecule has 7 nitrogen and oxygen atoms in total. The van der Waals surface area contributed by atoms with E-state index in [1.165, 1.54) is 12.8 Å². The van der Waals surface area contributed by atoms with Crippen LogP contribution in [0.5, 0.6) is 0 Å². The normalized spacial score (nSPS) is 21.6. The van der Waals surface area contributed by atoms with Crippen LogP contribution in [0.3, 0.4) is 0 Å². The number of furan rings is 1. The summed E-state index contributed by atoms with van der Waals surface area (Å²) in [4.78, 5) is 9.83. The minimum absolute atomic E-state index is 0.257. The van der Waals surface area contributed by atoms with Crippen molar-refractivity contribution in [2.24, 2.45) is 10.9 Å². The molecule has 2 atom stereocenters. The summed E-state index contributed by atoms with van der Waals surface area (Å²) >= 11 is 0. The standard InChI is InChI=1S/C21H37N5O2/c1-3-22-21(23-15-18(2)17-25-10-13-27-14-11-25)24-16-19(20-7-6-12-28-20)26-8-4-5-9-26/h6-7,12,18-19H,3-5,8-11,13-17H2,1-2H3,(H2,22,23,24). The van der Waals surface area contributed by atoms with E-state index in [1.54, 1.807) is 6.26 Å². The number of guanidine groups is 1. The molecule has 28 heavy (non-hydrogen) atoms. The molecule has 2 fully saturated rings. The molecule has 0 aromatic carbocycles. The van der Waals surface area contributed by atoms with E-state index in [2.05, 4.69) is 40.3 Å². The minimum atomic E-state index is 0.257. The lowest BCUT2D eigenvalue weighted by atomic mass is 10.1. The van der Waals surface area contributed by atoms with E-state index in [0.717, 1.165) is 77.3 Å². The fourth-order valence-electron chi connectivity index (χ4n) is 4.01. The summed E-state index contributed by atoms with van der Waals surface area (Å²) in [5.74, 6) is 2.45. The molecular formula is C21H37N5O2. The molecule has 158 valence electrons. The van der Waals surface area contributed by atoms with E-state index in [-0.39, 0.29) is 6.04 Å². The number of nitrogens with one attached hydrogen (secondary N) is 2. The Bertz CT molecular complexity index is 565. The second-order valence-corrected chi connectivity index (χ2v) is 7.89. The van der Waals surface area contributed by atoms with Crippen molar-refractivity contribution in [1.29, 1.82) is 0 Å². The molecule has 0 radical (unpaired) electrons. The third-order valence-electron chi connectivity index (χ3n) is 5.49. The molecule has 2 saturated heterocycles. The molecule has 2 aliphatic heterocycles. The van der Waals surface area contributed by atoms with Crippen molar-refractivity contribution in [2.45, 2.75) is 32.7 Å². The van der Waals surface area contributed by atoms with Crippen LogP contribution >= 0.6 is 0 Å².